The number of aryl methyl sites for hydroxylation is 1. The smallest absolute Gasteiger partial charge is 0.307 e. The lowest BCUT2D eigenvalue weighted by molar-refractivity contribution is -0.384. The van der Waals surface area contributed by atoms with Crippen LogP contribution in [0.1, 0.15) is 41.1 Å². The first kappa shape index (κ1) is 25.1. The number of aromatic nitrogens is 2. The molecule has 0 radical (unpaired) electrons. The van der Waals surface area contributed by atoms with Gasteiger partial charge in [-0.2, -0.15) is 0 Å². The summed E-state index contributed by atoms with van der Waals surface area (Å²) in [7, 11) is 2.83. The number of ether oxygens (including phenoxy) is 2. The fraction of sp³-hybridized carbons (Fsp3) is 0.320. The van der Waals surface area contributed by atoms with Crippen molar-refractivity contribution in [3.8, 4) is 11.4 Å². The van der Waals surface area contributed by atoms with Crippen LogP contribution in [0.4, 0.5) is 5.69 Å². The van der Waals surface area contributed by atoms with Crippen molar-refractivity contribution >= 4 is 29.0 Å². The molecule has 2 aromatic heterocycles. The van der Waals surface area contributed by atoms with Gasteiger partial charge in [-0.05, 0) is 62.0 Å². The molecular weight excluding hydrogens is 482 g/mol. The van der Waals surface area contributed by atoms with Gasteiger partial charge in [-0.3, -0.25) is 19.9 Å². The van der Waals surface area contributed by atoms with Crippen LogP contribution in [0.2, 0.25) is 0 Å². The van der Waals surface area contributed by atoms with Crippen molar-refractivity contribution in [3.05, 3.63) is 81.4 Å². The molecule has 1 aliphatic rings. The van der Waals surface area contributed by atoms with Crippen LogP contribution in [0.15, 0.2) is 48.7 Å². The quantitative estimate of drug-likeness (QED) is 0.209. The van der Waals surface area contributed by atoms with Gasteiger partial charge in [0.15, 0.2) is 5.11 Å². The van der Waals surface area contributed by atoms with Gasteiger partial charge in [-0.1, -0.05) is 6.07 Å². The van der Waals surface area contributed by atoms with Crippen molar-refractivity contribution in [2.45, 2.75) is 32.4 Å². The molecule has 0 spiro atoms. The summed E-state index contributed by atoms with van der Waals surface area (Å²) in [5.74, 6) is 0.0693. The topological polar surface area (TPSA) is 112 Å². The number of carbonyl (C=O) groups excluding carboxylic acids is 1. The highest BCUT2D eigenvalue weighted by Gasteiger charge is 2.41. The molecule has 1 saturated heterocycles. The third kappa shape index (κ3) is 4.61. The number of rotatable bonds is 8. The molecule has 3 aromatic rings. The molecule has 3 heterocycles. The molecule has 0 unspecified atom stereocenters. The Bertz CT molecular complexity index is 1310. The van der Waals surface area contributed by atoms with E-state index in [2.05, 4.69) is 10.3 Å². The number of nitrogens with one attached hydrogen (secondary N) is 1. The van der Waals surface area contributed by atoms with Crippen molar-refractivity contribution in [1.82, 2.24) is 19.8 Å². The summed E-state index contributed by atoms with van der Waals surface area (Å²) >= 11 is 5.67. The molecular formula is C25H27N5O5S. The number of methoxy groups -OCH3 is 2. The van der Waals surface area contributed by atoms with Gasteiger partial charge in [-0.15, -0.1) is 0 Å². The van der Waals surface area contributed by atoms with Crippen molar-refractivity contribution in [1.29, 1.82) is 0 Å². The zero-order valence-electron chi connectivity index (χ0n) is 20.4. The van der Waals surface area contributed by atoms with E-state index in [4.69, 9.17) is 21.7 Å². The largest absolute Gasteiger partial charge is 0.496 e. The zero-order valence-corrected chi connectivity index (χ0v) is 21.2. The van der Waals surface area contributed by atoms with Crippen LogP contribution in [0, 0.1) is 24.0 Å². The second-order valence-electron chi connectivity index (χ2n) is 8.42. The predicted molar refractivity (Wildman–Crippen MR) is 137 cm³/mol. The molecule has 188 valence electrons. The minimum Gasteiger partial charge on any atom is -0.496 e. The third-order valence-corrected chi connectivity index (χ3v) is 6.74. The van der Waals surface area contributed by atoms with E-state index >= 15 is 0 Å². The van der Waals surface area contributed by atoms with Crippen LogP contribution < -0.4 is 10.1 Å². The van der Waals surface area contributed by atoms with Crippen molar-refractivity contribution in [3.63, 3.8) is 0 Å². The summed E-state index contributed by atoms with van der Waals surface area (Å²) < 4.78 is 11.9. The maximum Gasteiger partial charge on any atom is 0.307 e. The fourth-order valence-corrected chi connectivity index (χ4v) is 5.05. The van der Waals surface area contributed by atoms with Gasteiger partial charge in [0.25, 0.3) is 5.69 Å². The lowest BCUT2D eigenvalue weighted by Gasteiger charge is -2.28. The first-order valence-corrected chi connectivity index (χ1v) is 11.7. The number of hydrogen-bond acceptors (Lipinski definition) is 7. The summed E-state index contributed by atoms with van der Waals surface area (Å²) in [4.78, 5) is 29.9. The van der Waals surface area contributed by atoms with Crippen molar-refractivity contribution in [2.24, 2.45) is 0 Å². The average Bonchev–Trinajstić information content (AvgIpc) is 3.36. The molecule has 0 saturated carbocycles. The Labute approximate surface area is 214 Å². The molecule has 1 N–H and O–H groups in total. The highest BCUT2D eigenvalue weighted by atomic mass is 32.1. The molecule has 1 aliphatic heterocycles. The van der Waals surface area contributed by atoms with Crippen LogP contribution in [0.25, 0.3) is 5.69 Å². The van der Waals surface area contributed by atoms with E-state index in [9.17, 15) is 14.9 Å². The molecule has 2 atom stereocenters. The van der Waals surface area contributed by atoms with E-state index in [-0.39, 0.29) is 30.2 Å². The SMILES string of the molecule is COC(=O)CCN1C(=S)N[C@@H](c2ccccn2)[C@H]1c1cc(C)n(-c2ccc(OC)cc2[N+](=O)[O-])c1C. The number of carbonyl (C=O) groups is 1. The summed E-state index contributed by atoms with van der Waals surface area (Å²) in [6, 6.07) is 11.9. The van der Waals surface area contributed by atoms with Crippen LogP contribution in [0.3, 0.4) is 0 Å². The Hall–Kier alpha value is -3.99. The molecule has 11 heteroatoms. The second kappa shape index (κ2) is 10.3. The minimum atomic E-state index is -0.415. The number of pyridine rings is 1. The van der Waals surface area contributed by atoms with Gasteiger partial charge in [0.2, 0.25) is 0 Å². The van der Waals surface area contributed by atoms with Gasteiger partial charge in [0.1, 0.15) is 11.4 Å². The second-order valence-corrected chi connectivity index (χ2v) is 8.81. The predicted octanol–water partition coefficient (Wildman–Crippen LogP) is 3.94. The zero-order chi connectivity index (χ0) is 26.0. The standard InChI is InChI=1S/C25H27N5O5S/c1-15-13-18(16(2)29(15)20-9-8-17(34-3)14-21(20)30(32)33)24-23(19-7-5-6-11-26-19)27-25(36)28(24)12-10-22(31)35-4/h5-9,11,13-14,23-24H,10,12H2,1-4H3,(H,27,36)/t23-,24+/m0/s1. The molecule has 4 rings (SSSR count). The van der Waals surface area contributed by atoms with Crippen LogP contribution in [0.5, 0.6) is 5.75 Å². The molecule has 0 amide bonds. The van der Waals surface area contributed by atoms with Gasteiger partial charge >= 0.3 is 5.97 Å². The number of hydrogen-bond donors (Lipinski definition) is 1. The molecule has 36 heavy (non-hydrogen) atoms. The van der Waals surface area contributed by atoms with Gasteiger partial charge in [0, 0.05) is 24.1 Å². The van der Waals surface area contributed by atoms with Gasteiger partial charge in [-0.25, -0.2) is 0 Å². The number of esters is 1. The van der Waals surface area contributed by atoms with Gasteiger partial charge < -0.3 is 24.3 Å². The minimum absolute atomic E-state index is 0.0633. The highest BCUT2D eigenvalue weighted by Crippen LogP contribution is 2.42. The fourth-order valence-electron chi connectivity index (χ4n) is 4.72. The van der Waals surface area contributed by atoms with E-state index in [1.807, 2.05) is 47.6 Å². The van der Waals surface area contributed by atoms with Crippen molar-refractivity contribution < 1.29 is 19.2 Å². The first-order chi connectivity index (χ1) is 17.3. The summed E-state index contributed by atoms with van der Waals surface area (Å²) in [5, 5.41) is 15.8. The van der Waals surface area contributed by atoms with E-state index < -0.39 is 4.92 Å². The van der Waals surface area contributed by atoms with E-state index in [0.717, 1.165) is 22.6 Å². The molecule has 1 fully saturated rings. The molecule has 0 bridgehead atoms. The lowest BCUT2D eigenvalue weighted by atomic mass is 9.96. The summed E-state index contributed by atoms with van der Waals surface area (Å²) in [6.45, 7) is 4.17. The lowest BCUT2D eigenvalue weighted by Crippen LogP contribution is -2.32. The van der Waals surface area contributed by atoms with E-state index in [1.165, 1.54) is 20.3 Å². The highest BCUT2D eigenvalue weighted by molar-refractivity contribution is 7.80. The number of thiocarbonyl (C=S) groups is 1. The Morgan fingerprint density at radius 3 is 2.64 bits per heavy atom. The van der Waals surface area contributed by atoms with Crippen LogP contribution in [-0.2, 0) is 9.53 Å². The maximum absolute atomic E-state index is 11.9. The van der Waals surface area contributed by atoms with Crippen molar-refractivity contribution in [2.75, 3.05) is 20.8 Å². The molecule has 1 aromatic carbocycles. The summed E-state index contributed by atoms with van der Waals surface area (Å²) in [6.07, 6.45) is 1.88. The first-order valence-electron chi connectivity index (χ1n) is 11.3. The average molecular weight is 510 g/mol. The monoisotopic (exact) mass is 509 g/mol. The molecule has 0 aliphatic carbocycles. The van der Waals surface area contributed by atoms with Crippen LogP contribution in [-0.4, -0.2) is 51.2 Å². The van der Waals surface area contributed by atoms with E-state index in [0.29, 0.717) is 23.1 Å². The summed E-state index contributed by atoms with van der Waals surface area (Å²) in [5.41, 5.74) is 3.73. The number of nitrogens with zero attached hydrogens (tertiary/aromatic N) is 4. The maximum atomic E-state index is 11.9. The Morgan fingerprint density at radius 2 is 2.00 bits per heavy atom. The van der Waals surface area contributed by atoms with Gasteiger partial charge in [0.05, 0.1) is 49.4 Å². The van der Waals surface area contributed by atoms with E-state index in [1.54, 1.807) is 18.3 Å². The number of nitro benzene ring substituents is 1. The Morgan fingerprint density at radius 1 is 1.22 bits per heavy atom. The Balaban J connectivity index is 1.84. The molecule has 10 nitrogen and oxygen atoms in total. The Kier molecular flexibility index (Phi) is 7.20. The third-order valence-electron chi connectivity index (χ3n) is 6.39. The van der Waals surface area contributed by atoms with Crippen LogP contribution >= 0.6 is 12.2 Å². The number of benzene rings is 1. The number of nitro groups is 1. The normalized spacial score (nSPS) is 17.1.